The van der Waals surface area contributed by atoms with E-state index in [0.29, 0.717) is 6.04 Å². The fraction of sp³-hybridized carbons (Fsp3) is 0.857. The van der Waals surface area contributed by atoms with Gasteiger partial charge in [-0.3, -0.25) is 0 Å². The molecule has 2 nitrogen and oxygen atoms in total. The Morgan fingerprint density at radius 2 is 2.44 bits per heavy atom. The molecule has 2 atom stereocenters. The van der Waals surface area contributed by atoms with Gasteiger partial charge in [-0.05, 0) is 25.7 Å². The van der Waals surface area contributed by atoms with E-state index in [9.17, 15) is 5.11 Å². The molecule has 0 aromatic carbocycles. The van der Waals surface area contributed by atoms with Gasteiger partial charge >= 0.3 is 0 Å². The van der Waals surface area contributed by atoms with Crippen molar-refractivity contribution in [3.63, 3.8) is 0 Å². The summed E-state index contributed by atoms with van der Waals surface area (Å²) in [5, 5.41) is 12.6. The van der Waals surface area contributed by atoms with Gasteiger partial charge in [-0.2, -0.15) is 0 Å². The zero-order valence-corrected chi connectivity index (χ0v) is 5.43. The number of aliphatic hydroxyl groups excluding tert-OH is 1. The summed E-state index contributed by atoms with van der Waals surface area (Å²) in [7, 11) is 0. The summed E-state index contributed by atoms with van der Waals surface area (Å²) in [6, 6.07) is 1.97. The molecule has 0 aliphatic carbocycles. The largest absolute Gasteiger partial charge is 0.393 e. The van der Waals surface area contributed by atoms with Crippen molar-refractivity contribution in [1.82, 2.24) is 5.32 Å². The van der Waals surface area contributed by atoms with Crippen molar-refractivity contribution in [2.75, 3.05) is 0 Å². The molecule has 2 aliphatic heterocycles. The maximum Gasteiger partial charge on any atom is 0.0573 e. The minimum atomic E-state index is -0.0475. The Morgan fingerprint density at radius 3 is 3.22 bits per heavy atom. The van der Waals surface area contributed by atoms with E-state index in [4.69, 9.17) is 0 Å². The number of hydrogen-bond acceptors (Lipinski definition) is 2. The molecule has 0 saturated carbocycles. The second-order valence-corrected chi connectivity index (χ2v) is 3.08. The first kappa shape index (κ1) is 5.69. The Labute approximate surface area is 55.3 Å². The average molecular weight is 126 g/mol. The summed E-state index contributed by atoms with van der Waals surface area (Å²) >= 11 is 0. The van der Waals surface area contributed by atoms with Crippen LogP contribution in [-0.2, 0) is 0 Å². The Kier molecular flexibility index (Phi) is 1.24. The highest BCUT2D eigenvalue weighted by atomic mass is 16.3. The van der Waals surface area contributed by atoms with Crippen LogP contribution in [0.1, 0.15) is 25.7 Å². The van der Waals surface area contributed by atoms with Crippen molar-refractivity contribution in [2.24, 2.45) is 0 Å². The molecular weight excluding hydrogens is 114 g/mol. The van der Waals surface area contributed by atoms with Gasteiger partial charge in [0.25, 0.3) is 0 Å². The monoisotopic (exact) mass is 126 g/mol. The lowest BCUT2D eigenvalue weighted by Gasteiger charge is -2.24. The van der Waals surface area contributed by atoms with Crippen LogP contribution in [0.25, 0.3) is 0 Å². The number of rotatable bonds is 0. The average Bonchev–Trinajstić information content (AvgIpc) is 2.11. The van der Waals surface area contributed by atoms with Crippen molar-refractivity contribution in [2.45, 2.75) is 37.8 Å². The third-order valence-corrected chi connectivity index (χ3v) is 2.24. The summed E-state index contributed by atoms with van der Waals surface area (Å²) in [5.41, 5.74) is 0. The normalized spacial score (nSPS) is 43.7. The first-order valence-electron chi connectivity index (χ1n) is 3.64. The maximum absolute atomic E-state index is 9.23. The Morgan fingerprint density at radius 1 is 1.56 bits per heavy atom. The van der Waals surface area contributed by atoms with Gasteiger partial charge in [-0.15, -0.1) is 0 Å². The quantitative estimate of drug-likeness (QED) is 0.493. The summed E-state index contributed by atoms with van der Waals surface area (Å²) in [6.07, 6.45) is 4.25. The summed E-state index contributed by atoms with van der Waals surface area (Å²) in [4.78, 5) is 0. The molecule has 2 aliphatic rings. The van der Waals surface area contributed by atoms with Gasteiger partial charge < -0.3 is 10.4 Å². The molecule has 2 bridgehead atoms. The van der Waals surface area contributed by atoms with E-state index in [-0.39, 0.29) is 6.10 Å². The molecule has 2 saturated heterocycles. The lowest BCUT2D eigenvalue weighted by molar-refractivity contribution is 0.131. The van der Waals surface area contributed by atoms with Crippen LogP contribution in [0.15, 0.2) is 0 Å². The highest BCUT2D eigenvalue weighted by Gasteiger charge is 2.32. The van der Waals surface area contributed by atoms with Gasteiger partial charge in [0.1, 0.15) is 0 Å². The van der Waals surface area contributed by atoms with E-state index in [0.717, 1.165) is 12.8 Å². The smallest absolute Gasteiger partial charge is 0.0573 e. The minimum absolute atomic E-state index is 0.0475. The Balaban J connectivity index is 2.03. The number of piperidine rings is 1. The molecule has 2 unspecified atom stereocenters. The first-order chi connectivity index (χ1) is 4.34. The molecule has 2 fully saturated rings. The third-order valence-electron chi connectivity index (χ3n) is 2.24. The van der Waals surface area contributed by atoms with Gasteiger partial charge in [-0.1, -0.05) is 0 Å². The van der Waals surface area contributed by atoms with Crippen molar-refractivity contribution < 1.29 is 5.11 Å². The number of fused-ring (bicyclic) bond motifs is 2. The topological polar surface area (TPSA) is 32.3 Å². The van der Waals surface area contributed by atoms with Crippen molar-refractivity contribution >= 4 is 0 Å². The van der Waals surface area contributed by atoms with E-state index in [2.05, 4.69) is 5.32 Å². The predicted octanol–water partition coefficient (Wildman–Crippen LogP) is 0.425. The molecule has 2 heteroatoms. The molecule has 0 spiro atoms. The summed E-state index contributed by atoms with van der Waals surface area (Å²) in [6.45, 7) is 0. The van der Waals surface area contributed by atoms with Gasteiger partial charge in [-0.25, -0.2) is 0 Å². The number of nitrogens with one attached hydrogen (secondary N) is 1. The van der Waals surface area contributed by atoms with Crippen LogP contribution in [0.4, 0.5) is 0 Å². The van der Waals surface area contributed by atoms with Crippen molar-refractivity contribution in [3.05, 3.63) is 6.04 Å². The second-order valence-electron chi connectivity index (χ2n) is 3.08. The van der Waals surface area contributed by atoms with Crippen molar-refractivity contribution in [1.29, 1.82) is 0 Å². The van der Waals surface area contributed by atoms with E-state index < -0.39 is 0 Å². The van der Waals surface area contributed by atoms with Crippen LogP contribution in [0.5, 0.6) is 0 Å². The molecule has 51 valence electrons. The van der Waals surface area contributed by atoms with Crippen LogP contribution in [0.2, 0.25) is 0 Å². The highest BCUT2D eigenvalue weighted by molar-refractivity contribution is 5.04. The standard InChI is InChI=1S/C7H12NO/c9-7-3-5-1-2-6(4-7)8-5/h5,7-9H,1-4H2. The van der Waals surface area contributed by atoms with Gasteiger partial charge in [0, 0.05) is 12.1 Å². The van der Waals surface area contributed by atoms with E-state index >= 15 is 0 Å². The first-order valence-corrected chi connectivity index (χ1v) is 3.64. The van der Waals surface area contributed by atoms with Crippen molar-refractivity contribution in [3.8, 4) is 0 Å². The number of aliphatic hydroxyl groups is 1. The lowest BCUT2D eigenvalue weighted by atomic mass is 10.0. The third kappa shape index (κ3) is 0.970. The van der Waals surface area contributed by atoms with E-state index in [1.54, 1.807) is 0 Å². The predicted molar refractivity (Wildman–Crippen MR) is 34.6 cm³/mol. The molecular formula is C7H12NO. The SMILES string of the molecule is OC1C[C]2CCC(C1)N2. The highest BCUT2D eigenvalue weighted by Crippen LogP contribution is 2.31. The maximum atomic E-state index is 9.23. The molecule has 0 aromatic rings. The lowest BCUT2D eigenvalue weighted by Crippen LogP contribution is -2.35. The minimum Gasteiger partial charge on any atom is -0.393 e. The fourth-order valence-corrected chi connectivity index (χ4v) is 1.82. The second kappa shape index (κ2) is 1.96. The molecule has 0 amide bonds. The zero-order valence-electron chi connectivity index (χ0n) is 5.43. The Bertz CT molecular complexity index is 103. The zero-order chi connectivity index (χ0) is 6.27. The molecule has 0 aromatic heterocycles. The molecule has 2 N–H and O–H groups in total. The fourth-order valence-electron chi connectivity index (χ4n) is 1.82. The Hall–Kier alpha value is -0.0800. The van der Waals surface area contributed by atoms with E-state index in [1.165, 1.54) is 18.9 Å². The number of hydrogen-bond donors (Lipinski definition) is 2. The van der Waals surface area contributed by atoms with Crippen LogP contribution in [0.3, 0.4) is 0 Å². The molecule has 2 heterocycles. The summed E-state index contributed by atoms with van der Waals surface area (Å²) in [5.74, 6) is 0. The van der Waals surface area contributed by atoms with Gasteiger partial charge in [0.2, 0.25) is 0 Å². The van der Waals surface area contributed by atoms with Crippen LogP contribution in [-0.4, -0.2) is 17.3 Å². The summed E-state index contributed by atoms with van der Waals surface area (Å²) < 4.78 is 0. The molecule has 2 rings (SSSR count). The molecule has 1 radical (unpaired) electrons. The van der Waals surface area contributed by atoms with Gasteiger partial charge in [0.15, 0.2) is 0 Å². The van der Waals surface area contributed by atoms with Crippen LogP contribution < -0.4 is 5.32 Å². The van der Waals surface area contributed by atoms with Gasteiger partial charge in [0.05, 0.1) is 6.10 Å². The van der Waals surface area contributed by atoms with E-state index in [1.807, 2.05) is 0 Å². The molecule has 9 heavy (non-hydrogen) atoms. The van der Waals surface area contributed by atoms with Crippen LogP contribution >= 0.6 is 0 Å². The van der Waals surface area contributed by atoms with Crippen LogP contribution in [0, 0.1) is 6.04 Å².